The molecule has 2 rings (SSSR count). The lowest BCUT2D eigenvalue weighted by Gasteiger charge is -2.34. The van der Waals surface area contributed by atoms with Crippen molar-refractivity contribution in [1.82, 2.24) is 4.90 Å². The summed E-state index contributed by atoms with van der Waals surface area (Å²) in [5.41, 5.74) is 7.37. The van der Waals surface area contributed by atoms with Crippen LogP contribution >= 0.6 is 0 Å². The molecule has 1 heterocycles. The van der Waals surface area contributed by atoms with Crippen LogP contribution in [0.4, 0.5) is 0 Å². The zero-order valence-electron chi connectivity index (χ0n) is 12.1. The maximum atomic E-state index is 6.04. The van der Waals surface area contributed by atoms with Crippen LogP contribution in [-0.2, 0) is 6.54 Å². The van der Waals surface area contributed by atoms with Gasteiger partial charge in [-0.25, -0.2) is 0 Å². The van der Waals surface area contributed by atoms with Crippen molar-refractivity contribution < 1.29 is 4.74 Å². The molecule has 1 aromatic rings. The van der Waals surface area contributed by atoms with E-state index in [2.05, 4.69) is 30.0 Å². The Morgan fingerprint density at radius 3 is 3.05 bits per heavy atom. The van der Waals surface area contributed by atoms with Gasteiger partial charge in [0.1, 0.15) is 5.75 Å². The fraction of sp³-hybridized carbons (Fsp3) is 0.625. The van der Waals surface area contributed by atoms with Crippen LogP contribution < -0.4 is 10.5 Å². The summed E-state index contributed by atoms with van der Waals surface area (Å²) in [6.45, 7) is 8.18. The highest BCUT2D eigenvalue weighted by Crippen LogP contribution is 2.21. The predicted octanol–water partition coefficient (Wildman–Crippen LogP) is 2.64. The van der Waals surface area contributed by atoms with Gasteiger partial charge in [-0.15, -0.1) is 0 Å². The van der Waals surface area contributed by atoms with E-state index < -0.39 is 0 Å². The second kappa shape index (κ2) is 6.92. The molecule has 1 aliphatic rings. The number of rotatable bonds is 5. The zero-order valence-corrected chi connectivity index (χ0v) is 12.1. The van der Waals surface area contributed by atoms with Crippen molar-refractivity contribution in [3.63, 3.8) is 0 Å². The smallest absolute Gasteiger partial charge is 0.119 e. The van der Waals surface area contributed by atoms with Crippen molar-refractivity contribution in [3.05, 3.63) is 29.8 Å². The Balaban J connectivity index is 1.94. The number of benzene rings is 1. The van der Waals surface area contributed by atoms with Gasteiger partial charge in [-0.1, -0.05) is 12.1 Å². The molecule has 1 aliphatic heterocycles. The van der Waals surface area contributed by atoms with E-state index in [-0.39, 0.29) is 0 Å². The predicted molar refractivity (Wildman–Crippen MR) is 79.3 cm³/mol. The van der Waals surface area contributed by atoms with Crippen molar-refractivity contribution in [2.24, 2.45) is 11.7 Å². The molecule has 106 valence electrons. The standard InChI is InChI=1S/C16H26N2O/c1-3-19-16-8-4-6-14(10-16)11-18-9-5-7-15(12-18)13(2)17/h4,6,8,10,13,15H,3,5,7,9,11-12,17H2,1-2H3. The Hall–Kier alpha value is -1.06. The number of hydrogen-bond donors (Lipinski definition) is 1. The van der Waals surface area contributed by atoms with Gasteiger partial charge < -0.3 is 10.5 Å². The molecule has 0 spiro atoms. The first-order valence-electron chi connectivity index (χ1n) is 7.38. The van der Waals surface area contributed by atoms with Crippen LogP contribution in [0.2, 0.25) is 0 Å². The van der Waals surface area contributed by atoms with Crippen LogP contribution in [0.3, 0.4) is 0 Å². The largest absolute Gasteiger partial charge is 0.494 e. The highest BCUT2D eigenvalue weighted by Gasteiger charge is 2.22. The molecule has 0 aromatic heterocycles. The Labute approximate surface area is 116 Å². The molecule has 2 atom stereocenters. The van der Waals surface area contributed by atoms with Crippen molar-refractivity contribution in [3.8, 4) is 5.75 Å². The summed E-state index contributed by atoms with van der Waals surface area (Å²) < 4.78 is 5.56. The van der Waals surface area contributed by atoms with Crippen LogP contribution in [0.1, 0.15) is 32.3 Å². The minimum atomic E-state index is 0.303. The van der Waals surface area contributed by atoms with E-state index in [4.69, 9.17) is 10.5 Å². The molecular weight excluding hydrogens is 236 g/mol. The summed E-state index contributed by atoms with van der Waals surface area (Å²) in [4.78, 5) is 2.52. The third kappa shape index (κ3) is 4.22. The van der Waals surface area contributed by atoms with Gasteiger partial charge in [-0.05, 0) is 56.8 Å². The first kappa shape index (κ1) is 14.4. The third-order valence-corrected chi connectivity index (χ3v) is 3.90. The van der Waals surface area contributed by atoms with Gasteiger partial charge in [-0.3, -0.25) is 4.90 Å². The number of piperidine rings is 1. The molecule has 1 saturated heterocycles. The highest BCUT2D eigenvalue weighted by atomic mass is 16.5. The molecule has 1 aromatic carbocycles. The van der Waals surface area contributed by atoms with Crippen molar-refractivity contribution in [1.29, 1.82) is 0 Å². The highest BCUT2D eigenvalue weighted by molar-refractivity contribution is 5.28. The minimum absolute atomic E-state index is 0.303. The third-order valence-electron chi connectivity index (χ3n) is 3.90. The molecule has 19 heavy (non-hydrogen) atoms. The molecule has 1 fully saturated rings. The molecule has 0 aliphatic carbocycles. The number of nitrogens with zero attached hydrogens (tertiary/aromatic N) is 1. The van der Waals surface area contributed by atoms with Gasteiger partial charge in [0.05, 0.1) is 6.61 Å². The van der Waals surface area contributed by atoms with E-state index in [9.17, 15) is 0 Å². The second-order valence-electron chi connectivity index (χ2n) is 5.58. The molecule has 0 bridgehead atoms. The monoisotopic (exact) mass is 262 g/mol. The Kier molecular flexibility index (Phi) is 5.23. The zero-order chi connectivity index (χ0) is 13.7. The van der Waals surface area contributed by atoms with Gasteiger partial charge in [0.25, 0.3) is 0 Å². The second-order valence-corrected chi connectivity index (χ2v) is 5.58. The van der Waals surface area contributed by atoms with E-state index in [0.29, 0.717) is 12.0 Å². The summed E-state index contributed by atoms with van der Waals surface area (Å²) >= 11 is 0. The lowest BCUT2D eigenvalue weighted by molar-refractivity contribution is 0.154. The van der Waals surface area contributed by atoms with Crippen molar-refractivity contribution in [2.45, 2.75) is 39.3 Å². The SMILES string of the molecule is CCOc1cccc(CN2CCCC(C(C)N)C2)c1. The maximum absolute atomic E-state index is 6.04. The van der Waals surface area contributed by atoms with Crippen LogP contribution in [0.15, 0.2) is 24.3 Å². The lowest BCUT2D eigenvalue weighted by atomic mass is 9.92. The number of hydrogen-bond acceptors (Lipinski definition) is 3. The van der Waals surface area contributed by atoms with E-state index in [0.717, 1.165) is 25.4 Å². The molecule has 0 amide bonds. The van der Waals surface area contributed by atoms with Crippen LogP contribution in [0, 0.1) is 5.92 Å². The van der Waals surface area contributed by atoms with Crippen molar-refractivity contribution >= 4 is 0 Å². The normalized spacial score (nSPS) is 22.2. The van der Waals surface area contributed by atoms with E-state index in [1.54, 1.807) is 0 Å². The van der Waals surface area contributed by atoms with Crippen LogP contribution in [-0.4, -0.2) is 30.6 Å². The van der Waals surface area contributed by atoms with E-state index in [1.807, 2.05) is 13.0 Å². The summed E-state index contributed by atoms with van der Waals surface area (Å²) in [5.74, 6) is 1.62. The van der Waals surface area contributed by atoms with Gasteiger partial charge in [0, 0.05) is 19.1 Å². The van der Waals surface area contributed by atoms with Gasteiger partial charge >= 0.3 is 0 Å². The first-order chi connectivity index (χ1) is 9.19. The first-order valence-corrected chi connectivity index (χ1v) is 7.38. The Morgan fingerprint density at radius 2 is 2.32 bits per heavy atom. The number of ether oxygens (including phenoxy) is 1. The summed E-state index contributed by atoms with van der Waals surface area (Å²) in [6.07, 6.45) is 2.53. The average molecular weight is 262 g/mol. The molecule has 0 radical (unpaired) electrons. The lowest BCUT2D eigenvalue weighted by Crippen LogP contribution is -2.41. The Bertz CT molecular complexity index is 392. The number of nitrogens with two attached hydrogens (primary N) is 1. The quantitative estimate of drug-likeness (QED) is 0.886. The molecule has 2 unspecified atom stereocenters. The summed E-state index contributed by atoms with van der Waals surface area (Å²) in [5, 5.41) is 0. The fourth-order valence-corrected chi connectivity index (χ4v) is 2.82. The van der Waals surface area contributed by atoms with E-state index >= 15 is 0 Å². The summed E-state index contributed by atoms with van der Waals surface area (Å²) in [6, 6.07) is 8.73. The maximum Gasteiger partial charge on any atom is 0.119 e. The van der Waals surface area contributed by atoms with Crippen LogP contribution in [0.5, 0.6) is 5.75 Å². The minimum Gasteiger partial charge on any atom is -0.494 e. The van der Waals surface area contributed by atoms with Gasteiger partial charge in [-0.2, -0.15) is 0 Å². The van der Waals surface area contributed by atoms with E-state index in [1.165, 1.54) is 24.9 Å². The molecule has 2 N–H and O–H groups in total. The van der Waals surface area contributed by atoms with Gasteiger partial charge in [0.15, 0.2) is 0 Å². The topological polar surface area (TPSA) is 38.5 Å². The van der Waals surface area contributed by atoms with Gasteiger partial charge in [0.2, 0.25) is 0 Å². The van der Waals surface area contributed by atoms with Crippen molar-refractivity contribution in [2.75, 3.05) is 19.7 Å². The number of likely N-dealkylation sites (tertiary alicyclic amines) is 1. The Morgan fingerprint density at radius 1 is 1.47 bits per heavy atom. The molecule has 3 nitrogen and oxygen atoms in total. The summed E-state index contributed by atoms with van der Waals surface area (Å²) in [7, 11) is 0. The average Bonchev–Trinajstić information content (AvgIpc) is 2.40. The molecule has 0 saturated carbocycles. The molecular formula is C16H26N2O. The fourth-order valence-electron chi connectivity index (χ4n) is 2.82. The molecule has 3 heteroatoms. The van der Waals surface area contributed by atoms with Crippen LogP contribution in [0.25, 0.3) is 0 Å².